The SMILES string of the molecule is O=C(O)C1CN(c2cccc(-n3cc(S(=O)(=O)c4ccccc4)c4cc(C(F)(F)F)ccc43)c2)C1. The molecule has 6 nitrogen and oxygen atoms in total. The highest BCUT2D eigenvalue weighted by Gasteiger charge is 2.34. The molecular weight excluding hydrogens is 481 g/mol. The Morgan fingerprint density at radius 1 is 0.914 bits per heavy atom. The van der Waals surface area contributed by atoms with E-state index in [-0.39, 0.29) is 15.2 Å². The lowest BCUT2D eigenvalue weighted by Crippen LogP contribution is -2.50. The van der Waals surface area contributed by atoms with Crippen molar-refractivity contribution in [2.45, 2.75) is 16.0 Å². The standard InChI is InChI=1S/C25H19F3N2O4S/c26-25(27,28)17-9-10-22-21(11-17)23(35(33,34)20-7-2-1-3-8-20)15-30(22)19-6-4-5-18(12-19)29-13-16(14-29)24(31)32/h1-12,15-16H,13-14H2,(H,31,32). The molecule has 2 heterocycles. The number of hydrogen-bond acceptors (Lipinski definition) is 4. The van der Waals surface area contributed by atoms with E-state index in [0.717, 1.165) is 17.8 Å². The van der Waals surface area contributed by atoms with Gasteiger partial charge in [-0.2, -0.15) is 13.2 Å². The van der Waals surface area contributed by atoms with Crippen LogP contribution in [0, 0.1) is 5.92 Å². The number of benzene rings is 3. The zero-order valence-corrected chi connectivity index (χ0v) is 18.9. The average molecular weight is 500 g/mol. The first-order valence-electron chi connectivity index (χ1n) is 10.7. The minimum atomic E-state index is -4.64. The van der Waals surface area contributed by atoms with E-state index in [0.29, 0.717) is 24.3 Å². The average Bonchev–Trinajstić information content (AvgIpc) is 3.18. The molecule has 10 heteroatoms. The number of rotatable bonds is 5. The van der Waals surface area contributed by atoms with E-state index >= 15 is 0 Å². The summed E-state index contributed by atoms with van der Waals surface area (Å²) >= 11 is 0. The van der Waals surface area contributed by atoms with Gasteiger partial charge in [0, 0.05) is 36.0 Å². The van der Waals surface area contributed by atoms with Gasteiger partial charge in [0.2, 0.25) is 9.84 Å². The Labute approximate surface area is 198 Å². The molecule has 1 fully saturated rings. The summed E-state index contributed by atoms with van der Waals surface area (Å²) in [5.74, 6) is -1.33. The molecule has 3 aromatic carbocycles. The van der Waals surface area contributed by atoms with Gasteiger partial charge in [0.15, 0.2) is 0 Å². The van der Waals surface area contributed by atoms with Crippen molar-refractivity contribution in [2.75, 3.05) is 18.0 Å². The molecular formula is C25H19F3N2O4S. The van der Waals surface area contributed by atoms with Gasteiger partial charge in [-0.05, 0) is 48.5 Å². The van der Waals surface area contributed by atoms with E-state index < -0.39 is 33.5 Å². The Morgan fingerprint density at radius 3 is 2.26 bits per heavy atom. The largest absolute Gasteiger partial charge is 0.481 e. The van der Waals surface area contributed by atoms with Crippen molar-refractivity contribution < 1.29 is 31.5 Å². The summed E-state index contributed by atoms with van der Waals surface area (Å²) in [7, 11) is -4.12. The van der Waals surface area contributed by atoms with Crippen LogP contribution in [-0.4, -0.2) is 37.2 Å². The third-order valence-corrected chi connectivity index (χ3v) is 7.94. The number of sulfone groups is 1. The first-order chi connectivity index (χ1) is 16.6. The molecule has 1 saturated heterocycles. The number of carboxylic acids is 1. The van der Waals surface area contributed by atoms with Crippen LogP contribution < -0.4 is 4.90 Å². The third kappa shape index (κ3) is 4.03. The second-order valence-electron chi connectivity index (χ2n) is 8.37. The molecule has 0 bridgehead atoms. The normalized spacial score (nSPS) is 14.8. The zero-order chi connectivity index (χ0) is 25.0. The van der Waals surface area contributed by atoms with E-state index in [1.54, 1.807) is 47.0 Å². The highest BCUT2D eigenvalue weighted by Crippen LogP contribution is 2.37. The minimum Gasteiger partial charge on any atom is -0.481 e. The van der Waals surface area contributed by atoms with Crippen molar-refractivity contribution in [1.82, 2.24) is 4.57 Å². The lowest BCUT2D eigenvalue weighted by atomic mass is 9.99. The molecule has 35 heavy (non-hydrogen) atoms. The molecule has 0 atom stereocenters. The second-order valence-corrected chi connectivity index (χ2v) is 10.3. The Kier molecular flexibility index (Phi) is 5.36. The predicted molar refractivity (Wildman–Crippen MR) is 124 cm³/mol. The number of hydrogen-bond donors (Lipinski definition) is 1. The van der Waals surface area contributed by atoms with Crippen LogP contribution in [0.5, 0.6) is 0 Å². The fraction of sp³-hybridized carbons (Fsp3) is 0.160. The van der Waals surface area contributed by atoms with Crippen molar-refractivity contribution in [3.8, 4) is 5.69 Å². The van der Waals surface area contributed by atoms with E-state index in [2.05, 4.69) is 0 Å². The number of alkyl halides is 3. The highest BCUT2D eigenvalue weighted by molar-refractivity contribution is 7.91. The summed E-state index contributed by atoms with van der Waals surface area (Å²) < 4.78 is 68.8. The van der Waals surface area contributed by atoms with Crippen molar-refractivity contribution in [3.63, 3.8) is 0 Å². The number of aromatic nitrogens is 1. The topological polar surface area (TPSA) is 79.6 Å². The lowest BCUT2D eigenvalue weighted by molar-refractivity contribution is -0.142. The van der Waals surface area contributed by atoms with Gasteiger partial charge in [-0.1, -0.05) is 24.3 Å². The molecule has 4 aromatic rings. The molecule has 0 spiro atoms. The molecule has 5 rings (SSSR count). The van der Waals surface area contributed by atoms with Gasteiger partial charge < -0.3 is 14.6 Å². The molecule has 0 unspecified atom stereocenters. The fourth-order valence-corrected chi connectivity index (χ4v) is 5.68. The second kappa shape index (κ2) is 8.16. The van der Waals surface area contributed by atoms with Crippen LogP contribution in [0.2, 0.25) is 0 Å². The molecule has 1 aliphatic rings. The Bertz CT molecular complexity index is 1540. The molecule has 0 radical (unpaired) electrons. The summed E-state index contributed by atoms with van der Waals surface area (Å²) in [5.41, 5.74) is 0.639. The Hall–Kier alpha value is -3.79. The first kappa shape index (κ1) is 23.0. The van der Waals surface area contributed by atoms with Gasteiger partial charge in [0.1, 0.15) is 0 Å². The molecule has 0 saturated carbocycles. The van der Waals surface area contributed by atoms with Gasteiger partial charge >= 0.3 is 12.1 Å². The molecule has 0 amide bonds. The van der Waals surface area contributed by atoms with Crippen molar-refractivity contribution in [3.05, 3.63) is 84.6 Å². The van der Waals surface area contributed by atoms with E-state index in [4.69, 9.17) is 5.11 Å². The van der Waals surface area contributed by atoms with Gasteiger partial charge in [-0.15, -0.1) is 0 Å². The van der Waals surface area contributed by atoms with Crippen molar-refractivity contribution in [2.24, 2.45) is 5.92 Å². The van der Waals surface area contributed by atoms with Crippen molar-refractivity contribution in [1.29, 1.82) is 0 Å². The highest BCUT2D eigenvalue weighted by atomic mass is 32.2. The van der Waals surface area contributed by atoms with E-state index in [9.17, 15) is 26.4 Å². The van der Waals surface area contributed by atoms with Crippen LogP contribution in [0.15, 0.2) is 88.8 Å². The predicted octanol–water partition coefficient (Wildman–Crippen LogP) is 5.00. The third-order valence-electron chi connectivity index (χ3n) is 6.14. The molecule has 1 aromatic heterocycles. The van der Waals surface area contributed by atoms with Crippen LogP contribution in [0.1, 0.15) is 5.56 Å². The molecule has 180 valence electrons. The number of carbonyl (C=O) groups is 1. The molecule has 1 N–H and O–H groups in total. The van der Waals surface area contributed by atoms with E-state index in [1.165, 1.54) is 24.4 Å². The zero-order valence-electron chi connectivity index (χ0n) is 18.1. The smallest absolute Gasteiger partial charge is 0.416 e. The Morgan fingerprint density at radius 2 is 1.60 bits per heavy atom. The summed E-state index contributed by atoms with van der Waals surface area (Å²) in [5, 5.41) is 9.10. The number of aliphatic carboxylic acids is 1. The fourth-order valence-electron chi connectivity index (χ4n) is 4.22. The van der Waals surface area contributed by atoms with Crippen LogP contribution in [0.3, 0.4) is 0 Å². The maximum absolute atomic E-state index is 13.5. The van der Waals surface area contributed by atoms with Crippen LogP contribution >= 0.6 is 0 Å². The van der Waals surface area contributed by atoms with E-state index in [1.807, 2.05) is 4.90 Å². The van der Waals surface area contributed by atoms with Crippen LogP contribution in [-0.2, 0) is 20.8 Å². The number of nitrogens with zero attached hydrogens (tertiary/aromatic N) is 2. The van der Waals surface area contributed by atoms with Crippen LogP contribution in [0.25, 0.3) is 16.6 Å². The number of carboxylic acid groups (broad SMARTS) is 1. The van der Waals surface area contributed by atoms with Gasteiger partial charge in [0.25, 0.3) is 0 Å². The number of halogens is 3. The number of anilines is 1. The Balaban J connectivity index is 1.66. The first-order valence-corrected chi connectivity index (χ1v) is 12.1. The van der Waals surface area contributed by atoms with Gasteiger partial charge in [-0.3, -0.25) is 4.79 Å². The maximum Gasteiger partial charge on any atom is 0.416 e. The molecule has 1 aliphatic heterocycles. The van der Waals surface area contributed by atoms with Gasteiger partial charge in [0.05, 0.1) is 26.8 Å². The monoisotopic (exact) mass is 500 g/mol. The molecule has 0 aliphatic carbocycles. The minimum absolute atomic E-state index is 0.0227. The number of fused-ring (bicyclic) bond motifs is 1. The quantitative estimate of drug-likeness (QED) is 0.417. The summed E-state index contributed by atoms with van der Waals surface area (Å²) in [4.78, 5) is 12.8. The van der Waals surface area contributed by atoms with Crippen molar-refractivity contribution >= 4 is 32.4 Å². The summed E-state index contributed by atoms with van der Waals surface area (Å²) in [6.07, 6.45) is -3.30. The summed E-state index contributed by atoms with van der Waals surface area (Å²) in [6, 6.07) is 17.6. The summed E-state index contributed by atoms with van der Waals surface area (Å²) in [6.45, 7) is 0.682. The lowest BCUT2D eigenvalue weighted by Gasteiger charge is -2.38. The van der Waals surface area contributed by atoms with Crippen LogP contribution in [0.4, 0.5) is 18.9 Å². The van der Waals surface area contributed by atoms with Gasteiger partial charge in [-0.25, -0.2) is 8.42 Å². The maximum atomic E-state index is 13.5.